The highest BCUT2D eigenvalue weighted by atomic mass is 16.5. The highest BCUT2D eigenvalue weighted by molar-refractivity contribution is 5.29. The summed E-state index contributed by atoms with van der Waals surface area (Å²) in [7, 11) is 3.59. The van der Waals surface area contributed by atoms with Gasteiger partial charge in [-0.1, -0.05) is 19.1 Å². The first-order chi connectivity index (χ1) is 9.24. The van der Waals surface area contributed by atoms with Gasteiger partial charge in [-0.05, 0) is 24.2 Å². The van der Waals surface area contributed by atoms with E-state index in [1.807, 2.05) is 23.9 Å². The molecule has 2 aromatic rings. The van der Waals surface area contributed by atoms with Gasteiger partial charge in [0.25, 0.3) is 0 Å². The fraction of sp³-hybridized carbons (Fsp3) is 0.429. The van der Waals surface area contributed by atoms with Crippen LogP contribution in [-0.4, -0.2) is 28.4 Å². The molecule has 0 amide bonds. The SMILES string of the molecule is CCNC(Cc1ncnn1C)c1ccc(OC)cc1. The van der Waals surface area contributed by atoms with Crippen LogP contribution < -0.4 is 10.1 Å². The summed E-state index contributed by atoms with van der Waals surface area (Å²) in [4.78, 5) is 4.28. The van der Waals surface area contributed by atoms with E-state index >= 15 is 0 Å². The number of benzene rings is 1. The van der Waals surface area contributed by atoms with Crippen LogP contribution in [0.15, 0.2) is 30.6 Å². The maximum absolute atomic E-state index is 5.19. The Bertz CT molecular complexity index is 506. The molecule has 102 valence electrons. The van der Waals surface area contributed by atoms with Crippen LogP contribution in [0.5, 0.6) is 5.75 Å². The topological polar surface area (TPSA) is 52.0 Å². The number of aromatic nitrogens is 3. The summed E-state index contributed by atoms with van der Waals surface area (Å²) in [5.41, 5.74) is 1.23. The summed E-state index contributed by atoms with van der Waals surface area (Å²) < 4.78 is 7.00. The monoisotopic (exact) mass is 260 g/mol. The molecule has 0 aliphatic rings. The molecule has 0 radical (unpaired) electrons. The van der Waals surface area contributed by atoms with Gasteiger partial charge in [0, 0.05) is 19.5 Å². The maximum atomic E-state index is 5.19. The van der Waals surface area contributed by atoms with Gasteiger partial charge in [-0.15, -0.1) is 0 Å². The molecule has 0 spiro atoms. The van der Waals surface area contributed by atoms with Crippen molar-refractivity contribution >= 4 is 0 Å². The number of aryl methyl sites for hydroxylation is 1. The first kappa shape index (κ1) is 13.5. The zero-order valence-electron chi connectivity index (χ0n) is 11.6. The Balaban J connectivity index is 2.16. The Labute approximate surface area is 113 Å². The summed E-state index contributed by atoms with van der Waals surface area (Å²) >= 11 is 0. The van der Waals surface area contributed by atoms with Crippen molar-refractivity contribution in [2.45, 2.75) is 19.4 Å². The minimum Gasteiger partial charge on any atom is -0.497 e. The zero-order valence-corrected chi connectivity index (χ0v) is 11.6. The second-order valence-corrected chi connectivity index (χ2v) is 4.39. The van der Waals surface area contributed by atoms with Gasteiger partial charge in [-0.3, -0.25) is 4.68 Å². The van der Waals surface area contributed by atoms with E-state index in [1.54, 1.807) is 13.4 Å². The third kappa shape index (κ3) is 3.32. The maximum Gasteiger partial charge on any atom is 0.138 e. The molecular weight excluding hydrogens is 240 g/mol. The third-order valence-corrected chi connectivity index (χ3v) is 3.16. The number of nitrogens with one attached hydrogen (secondary N) is 1. The van der Waals surface area contributed by atoms with Gasteiger partial charge in [0.2, 0.25) is 0 Å². The summed E-state index contributed by atoms with van der Waals surface area (Å²) in [6, 6.07) is 8.37. The zero-order chi connectivity index (χ0) is 13.7. The summed E-state index contributed by atoms with van der Waals surface area (Å²) in [6.45, 7) is 3.02. The molecule has 0 saturated heterocycles. The lowest BCUT2D eigenvalue weighted by Crippen LogP contribution is -2.24. The molecule has 0 aliphatic heterocycles. The number of nitrogens with zero attached hydrogens (tertiary/aromatic N) is 3. The molecule has 2 rings (SSSR count). The molecule has 0 fully saturated rings. The van der Waals surface area contributed by atoms with Crippen LogP contribution in [0.3, 0.4) is 0 Å². The normalized spacial score (nSPS) is 12.4. The third-order valence-electron chi connectivity index (χ3n) is 3.16. The Kier molecular flexibility index (Phi) is 4.52. The van der Waals surface area contributed by atoms with Crippen LogP contribution in [0.4, 0.5) is 0 Å². The van der Waals surface area contributed by atoms with Crippen LogP contribution >= 0.6 is 0 Å². The molecule has 1 unspecified atom stereocenters. The smallest absolute Gasteiger partial charge is 0.138 e. The van der Waals surface area contributed by atoms with Crippen molar-refractivity contribution in [2.75, 3.05) is 13.7 Å². The van der Waals surface area contributed by atoms with Gasteiger partial charge in [0.15, 0.2) is 0 Å². The standard InChI is InChI=1S/C14H20N4O/c1-4-15-13(9-14-16-10-17-18(14)2)11-5-7-12(19-3)8-6-11/h5-8,10,13,15H,4,9H2,1-3H3. The molecule has 0 saturated carbocycles. The van der Waals surface area contributed by atoms with Crippen molar-refractivity contribution in [2.24, 2.45) is 7.05 Å². The highest BCUT2D eigenvalue weighted by Gasteiger charge is 2.14. The predicted molar refractivity (Wildman–Crippen MR) is 74.1 cm³/mol. The molecular formula is C14H20N4O. The van der Waals surface area contributed by atoms with E-state index in [4.69, 9.17) is 4.74 Å². The van der Waals surface area contributed by atoms with Crippen molar-refractivity contribution < 1.29 is 4.74 Å². The lowest BCUT2D eigenvalue weighted by molar-refractivity contribution is 0.414. The lowest BCUT2D eigenvalue weighted by atomic mass is 10.0. The van der Waals surface area contributed by atoms with E-state index in [-0.39, 0.29) is 6.04 Å². The van der Waals surface area contributed by atoms with Crippen LogP contribution in [0.1, 0.15) is 24.4 Å². The Hall–Kier alpha value is -1.88. The summed E-state index contributed by atoms with van der Waals surface area (Å²) in [5.74, 6) is 1.85. The average molecular weight is 260 g/mol. The van der Waals surface area contributed by atoms with E-state index in [0.29, 0.717) is 0 Å². The van der Waals surface area contributed by atoms with Gasteiger partial charge in [0.1, 0.15) is 17.9 Å². The van der Waals surface area contributed by atoms with Crippen LogP contribution in [0.2, 0.25) is 0 Å². The Morgan fingerprint density at radius 1 is 1.32 bits per heavy atom. The number of likely N-dealkylation sites (N-methyl/N-ethyl adjacent to an activating group) is 1. The molecule has 1 N–H and O–H groups in total. The minimum atomic E-state index is 0.235. The molecule has 1 atom stereocenters. The van der Waals surface area contributed by atoms with E-state index in [0.717, 1.165) is 24.5 Å². The molecule has 5 nitrogen and oxygen atoms in total. The number of methoxy groups -OCH3 is 1. The summed E-state index contributed by atoms with van der Waals surface area (Å²) in [6.07, 6.45) is 2.41. The van der Waals surface area contributed by atoms with Crippen molar-refractivity contribution in [1.29, 1.82) is 0 Å². The Morgan fingerprint density at radius 3 is 2.58 bits per heavy atom. The lowest BCUT2D eigenvalue weighted by Gasteiger charge is -2.18. The highest BCUT2D eigenvalue weighted by Crippen LogP contribution is 2.20. The first-order valence-corrected chi connectivity index (χ1v) is 6.44. The molecule has 19 heavy (non-hydrogen) atoms. The van der Waals surface area contributed by atoms with E-state index in [1.165, 1.54) is 5.56 Å². The van der Waals surface area contributed by atoms with Gasteiger partial charge in [-0.2, -0.15) is 5.10 Å². The van der Waals surface area contributed by atoms with Crippen molar-refractivity contribution in [1.82, 2.24) is 20.1 Å². The molecule has 5 heteroatoms. The van der Waals surface area contributed by atoms with E-state index in [9.17, 15) is 0 Å². The fourth-order valence-corrected chi connectivity index (χ4v) is 2.08. The quantitative estimate of drug-likeness (QED) is 0.859. The molecule has 1 aromatic heterocycles. The number of hydrogen-bond acceptors (Lipinski definition) is 4. The largest absolute Gasteiger partial charge is 0.497 e. The van der Waals surface area contributed by atoms with Gasteiger partial charge in [-0.25, -0.2) is 4.98 Å². The number of rotatable bonds is 6. The van der Waals surface area contributed by atoms with Gasteiger partial charge < -0.3 is 10.1 Å². The summed E-state index contributed by atoms with van der Waals surface area (Å²) in [5, 5.41) is 7.59. The first-order valence-electron chi connectivity index (χ1n) is 6.44. The van der Waals surface area contributed by atoms with Crippen molar-refractivity contribution in [3.05, 3.63) is 42.0 Å². The van der Waals surface area contributed by atoms with Crippen LogP contribution in [0.25, 0.3) is 0 Å². The number of ether oxygens (including phenoxy) is 1. The average Bonchev–Trinajstić information content (AvgIpc) is 2.84. The second-order valence-electron chi connectivity index (χ2n) is 4.39. The molecule has 1 heterocycles. The Morgan fingerprint density at radius 2 is 2.05 bits per heavy atom. The van der Waals surface area contributed by atoms with Crippen molar-refractivity contribution in [3.8, 4) is 5.75 Å². The van der Waals surface area contributed by atoms with Gasteiger partial charge >= 0.3 is 0 Å². The van der Waals surface area contributed by atoms with Crippen molar-refractivity contribution in [3.63, 3.8) is 0 Å². The molecule has 0 bridgehead atoms. The fourth-order valence-electron chi connectivity index (χ4n) is 2.08. The van der Waals surface area contributed by atoms with Gasteiger partial charge in [0.05, 0.1) is 7.11 Å². The second kappa shape index (κ2) is 6.33. The minimum absolute atomic E-state index is 0.235. The van der Waals surface area contributed by atoms with E-state index in [2.05, 4.69) is 34.5 Å². The molecule has 0 aliphatic carbocycles. The molecule has 1 aromatic carbocycles. The van der Waals surface area contributed by atoms with Crippen LogP contribution in [0, 0.1) is 0 Å². The van der Waals surface area contributed by atoms with E-state index < -0.39 is 0 Å². The predicted octanol–water partition coefficient (Wildman–Crippen LogP) is 1.72. The number of hydrogen-bond donors (Lipinski definition) is 1. The van der Waals surface area contributed by atoms with Crippen LogP contribution in [-0.2, 0) is 13.5 Å².